The lowest BCUT2D eigenvalue weighted by Crippen LogP contribution is -2.03. The molecule has 3 rings (SSSR count). The van der Waals surface area contributed by atoms with Crippen LogP contribution in [0.3, 0.4) is 0 Å². The highest BCUT2D eigenvalue weighted by Gasteiger charge is 2.15. The van der Waals surface area contributed by atoms with Gasteiger partial charge in [0, 0.05) is 23.8 Å². The van der Waals surface area contributed by atoms with Crippen LogP contribution in [0.2, 0.25) is 0 Å². The molecule has 0 amide bonds. The second-order valence-electron chi connectivity index (χ2n) is 4.74. The molecule has 88 valence electrons. The van der Waals surface area contributed by atoms with Crippen LogP contribution in [-0.4, -0.2) is 12.0 Å². The Hall–Kier alpha value is -1.57. The van der Waals surface area contributed by atoms with Gasteiger partial charge in [-0.2, -0.15) is 0 Å². The maximum Gasteiger partial charge on any atom is 0.0726 e. The van der Waals surface area contributed by atoms with E-state index < -0.39 is 0 Å². The predicted octanol–water partition coefficient (Wildman–Crippen LogP) is 3.55. The molecule has 0 saturated carbocycles. The number of hydrogen-bond acceptors (Lipinski definition) is 2. The number of anilines is 1. The van der Waals surface area contributed by atoms with E-state index in [4.69, 9.17) is 4.98 Å². The molecular formula is C15H18N2. The lowest BCUT2D eigenvalue weighted by Gasteiger charge is -2.14. The zero-order valence-corrected chi connectivity index (χ0v) is 10.3. The summed E-state index contributed by atoms with van der Waals surface area (Å²) in [6.07, 6.45) is 6.21. The summed E-state index contributed by atoms with van der Waals surface area (Å²) in [5.41, 5.74) is 5.18. The zero-order valence-electron chi connectivity index (χ0n) is 10.3. The predicted molar refractivity (Wildman–Crippen MR) is 72.5 cm³/mol. The number of benzene rings is 1. The Morgan fingerprint density at radius 2 is 1.88 bits per heavy atom. The molecule has 0 atom stereocenters. The summed E-state index contributed by atoms with van der Waals surface area (Å²) in [5.74, 6) is 0. The third-order valence-electron chi connectivity index (χ3n) is 3.67. The normalized spacial score (nSPS) is 15.4. The first-order valence-electron chi connectivity index (χ1n) is 6.48. The third kappa shape index (κ3) is 1.78. The van der Waals surface area contributed by atoms with Gasteiger partial charge in [-0.25, -0.2) is 0 Å². The molecule has 1 aliphatic rings. The molecule has 1 aliphatic carbocycles. The van der Waals surface area contributed by atoms with Crippen LogP contribution in [0.4, 0.5) is 5.69 Å². The largest absolute Gasteiger partial charge is 0.387 e. The lowest BCUT2D eigenvalue weighted by atomic mass is 10.0. The Kier molecular flexibility index (Phi) is 2.71. The molecule has 0 radical (unpaired) electrons. The smallest absolute Gasteiger partial charge is 0.0726 e. The minimum absolute atomic E-state index is 1.12. The van der Waals surface area contributed by atoms with Crippen molar-refractivity contribution >= 4 is 16.6 Å². The first kappa shape index (κ1) is 10.6. The summed E-state index contributed by atoms with van der Waals surface area (Å²) in [5, 5.41) is 4.65. The Morgan fingerprint density at radius 3 is 2.76 bits per heavy atom. The molecule has 2 heteroatoms. The number of aryl methyl sites for hydroxylation is 1. The van der Waals surface area contributed by atoms with Crippen molar-refractivity contribution in [1.29, 1.82) is 0 Å². The number of fused-ring (bicyclic) bond motifs is 2. The molecule has 1 heterocycles. The van der Waals surface area contributed by atoms with E-state index in [0.717, 1.165) is 11.9 Å². The standard InChI is InChI=1S/C15H18N2/c1-16-15-11-7-3-2-4-9-13(11)17-14-10-6-5-8-12(14)15/h5-6,8,10H,2-4,7,9H2,1H3,(H,16,17). The van der Waals surface area contributed by atoms with E-state index in [9.17, 15) is 0 Å². The molecular weight excluding hydrogens is 208 g/mol. The van der Waals surface area contributed by atoms with Gasteiger partial charge in [-0.15, -0.1) is 0 Å². The molecule has 1 aromatic carbocycles. The van der Waals surface area contributed by atoms with E-state index in [1.165, 1.54) is 48.0 Å². The second-order valence-corrected chi connectivity index (χ2v) is 4.74. The maximum absolute atomic E-state index is 4.84. The molecule has 1 N–H and O–H groups in total. The highest BCUT2D eigenvalue weighted by atomic mass is 14.8. The molecule has 2 nitrogen and oxygen atoms in total. The quantitative estimate of drug-likeness (QED) is 0.752. The van der Waals surface area contributed by atoms with Crippen LogP contribution < -0.4 is 5.32 Å². The number of pyridine rings is 1. The SMILES string of the molecule is CNc1c2c(nc3ccccc13)CCCCC2. The Bertz CT molecular complexity index is 546. The van der Waals surface area contributed by atoms with Gasteiger partial charge in [-0.3, -0.25) is 4.98 Å². The van der Waals surface area contributed by atoms with Gasteiger partial charge in [-0.1, -0.05) is 24.6 Å². The molecule has 1 aromatic heterocycles. The highest BCUT2D eigenvalue weighted by molar-refractivity contribution is 5.93. The Balaban J connectivity index is 2.30. The summed E-state index contributed by atoms with van der Waals surface area (Å²) < 4.78 is 0. The van der Waals surface area contributed by atoms with Crippen molar-refractivity contribution in [3.63, 3.8) is 0 Å². The molecule has 0 fully saturated rings. The van der Waals surface area contributed by atoms with E-state index in [1.807, 2.05) is 7.05 Å². The van der Waals surface area contributed by atoms with Crippen LogP contribution in [0.25, 0.3) is 10.9 Å². The molecule has 0 saturated heterocycles. The number of para-hydroxylation sites is 1. The van der Waals surface area contributed by atoms with Crippen molar-refractivity contribution in [2.24, 2.45) is 0 Å². The second kappa shape index (κ2) is 4.36. The van der Waals surface area contributed by atoms with E-state index in [0.29, 0.717) is 0 Å². The number of hydrogen-bond donors (Lipinski definition) is 1. The molecule has 0 spiro atoms. The topological polar surface area (TPSA) is 24.9 Å². The first-order valence-corrected chi connectivity index (χ1v) is 6.48. The van der Waals surface area contributed by atoms with Gasteiger partial charge in [0.05, 0.1) is 5.52 Å². The Labute approximate surface area is 102 Å². The average molecular weight is 226 g/mol. The Morgan fingerprint density at radius 1 is 1.06 bits per heavy atom. The van der Waals surface area contributed by atoms with Crippen molar-refractivity contribution in [2.45, 2.75) is 32.1 Å². The molecule has 2 aromatic rings. The minimum Gasteiger partial charge on any atom is -0.387 e. The minimum atomic E-state index is 1.12. The van der Waals surface area contributed by atoms with Crippen LogP contribution in [-0.2, 0) is 12.8 Å². The summed E-state index contributed by atoms with van der Waals surface area (Å²) >= 11 is 0. The summed E-state index contributed by atoms with van der Waals surface area (Å²) in [4.78, 5) is 4.84. The third-order valence-corrected chi connectivity index (χ3v) is 3.67. The molecule has 0 unspecified atom stereocenters. The van der Waals surface area contributed by atoms with Crippen molar-refractivity contribution in [3.8, 4) is 0 Å². The summed E-state index contributed by atoms with van der Waals surface area (Å²) in [7, 11) is 2.02. The van der Waals surface area contributed by atoms with Gasteiger partial charge >= 0.3 is 0 Å². The fourth-order valence-electron chi connectivity index (χ4n) is 2.83. The maximum atomic E-state index is 4.84. The van der Waals surface area contributed by atoms with Crippen LogP contribution in [0.5, 0.6) is 0 Å². The lowest BCUT2D eigenvalue weighted by molar-refractivity contribution is 0.709. The fraction of sp³-hybridized carbons (Fsp3) is 0.400. The van der Waals surface area contributed by atoms with Gasteiger partial charge in [0.25, 0.3) is 0 Å². The molecule has 17 heavy (non-hydrogen) atoms. The number of aromatic nitrogens is 1. The number of nitrogens with zero attached hydrogens (tertiary/aromatic N) is 1. The van der Waals surface area contributed by atoms with Gasteiger partial charge in [-0.05, 0) is 37.3 Å². The molecule has 0 bridgehead atoms. The van der Waals surface area contributed by atoms with E-state index >= 15 is 0 Å². The van der Waals surface area contributed by atoms with Crippen LogP contribution in [0, 0.1) is 0 Å². The summed E-state index contributed by atoms with van der Waals surface area (Å²) in [6.45, 7) is 0. The zero-order chi connectivity index (χ0) is 11.7. The van der Waals surface area contributed by atoms with Crippen LogP contribution in [0.1, 0.15) is 30.5 Å². The van der Waals surface area contributed by atoms with Crippen molar-refractivity contribution in [3.05, 3.63) is 35.5 Å². The highest BCUT2D eigenvalue weighted by Crippen LogP contribution is 2.32. The summed E-state index contributed by atoms with van der Waals surface area (Å²) in [6, 6.07) is 8.44. The van der Waals surface area contributed by atoms with E-state index in [1.54, 1.807) is 0 Å². The van der Waals surface area contributed by atoms with E-state index in [2.05, 4.69) is 29.6 Å². The van der Waals surface area contributed by atoms with Crippen LogP contribution >= 0.6 is 0 Å². The van der Waals surface area contributed by atoms with Crippen LogP contribution in [0.15, 0.2) is 24.3 Å². The van der Waals surface area contributed by atoms with Crippen molar-refractivity contribution < 1.29 is 0 Å². The van der Waals surface area contributed by atoms with Gasteiger partial charge in [0.15, 0.2) is 0 Å². The number of nitrogens with one attached hydrogen (secondary N) is 1. The van der Waals surface area contributed by atoms with Gasteiger partial charge in [0.1, 0.15) is 0 Å². The first-order chi connectivity index (χ1) is 8.40. The van der Waals surface area contributed by atoms with E-state index in [-0.39, 0.29) is 0 Å². The molecule has 0 aliphatic heterocycles. The van der Waals surface area contributed by atoms with Gasteiger partial charge < -0.3 is 5.32 Å². The average Bonchev–Trinajstić information content (AvgIpc) is 2.60. The van der Waals surface area contributed by atoms with Gasteiger partial charge in [0.2, 0.25) is 0 Å². The number of rotatable bonds is 1. The van der Waals surface area contributed by atoms with Crippen molar-refractivity contribution in [2.75, 3.05) is 12.4 Å². The van der Waals surface area contributed by atoms with Crippen molar-refractivity contribution in [1.82, 2.24) is 4.98 Å². The monoisotopic (exact) mass is 226 g/mol. The fourth-order valence-corrected chi connectivity index (χ4v) is 2.83.